The van der Waals surface area contributed by atoms with Gasteiger partial charge in [0.25, 0.3) is 0 Å². The van der Waals surface area contributed by atoms with Gasteiger partial charge in [-0.25, -0.2) is 0 Å². The molecule has 0 bridgehead atoms. The average Bonchev–Trinajstić information content (AvgIpc) is 0. The third-order valence-electron chi connectivity index (χ3n) is 0. The van der Waals surface area contributed by atoms with Crippen molar-refractivity contribution in [2.75, 3.05) is 0 Å². The molecule has 0 spiro atoms. The van der Waals surface area contributed by atoms with E-state index in [0.717, 1.165) is 0 Å². The summed E-state index contributed by atoms with van der Waals surface area (Å²) in [4.78, 5) is 0. The molecule has 0 aliphatic carbocycles. The van der Waals surface area contributed by atoms with Gasteiger partial charge in [-0.05, 0) is 0 Å². The van der Waals surface area contributed by atoms with Gasteiger partial charge in [0, 0.05) is 0 Å². The van der Waals surface area contributed by atoms with Crippen molar-refractivity contribution < 1.29 is 0 Å². The Morgan fingerprint density at radius 1 is 0.0556 bits per heavy atom. The molecule has 18 heteroatoms. The zero-order chi connectivity index (χ0) is 0. The monoisotopic (exact) mass is 648 g/mol. The largest absolute Gasteiger partial charge is 0.147 e. The van der Waals surface area contributed by atoms with Crippen LogP contribution in [0.1, 0.15) is 0 Å². The lowest BCUT2D eigenvalue weighted by Gasteiger charge is -0.148. The van der Waals surface area contributed by atoms with Crippen LogP contribution in [0.25, 0.3) is 0 Å². The summed E-state index contributed by atoms with van der Waals surface area (Å²) in [7, 11) is 0. The second kappa shape index (κ2) is 367. The molecule has 0 radical (unpaired) electrons. The molecule has 0 aromatic rings. The lowest BCUT2D eigenvalue weighted by Crippen LogP contribution is 0.688. The fourth-order valence-corrected chi connectivity index (χ4v) is 0. The van der Waals surface area contributed by atoms with E-state index in [1.807, 2.05) is 0 Å². The molecule has 0 saturated carbocycles. The zero-order valence-electron chi connectivity index (χ0n) is 7.35. The van der Waals surface area contributed by atoms with E-state index >= 15 is 0 Å². The highest BCUT2D eigenvalue weighted by Crippen LogP contribution is 0.707. The zero-order valence-corrected chi connectivity index (χ0v) is 22.0. The van der Waals surface area contributed by atoms with Gasteiger partial charge < -0.3 is 0 Å². The fourth-order valence-electron chi connectivity index (χ4n) is 0. The second-order valence-electron chi connectivity index (χ2n) is 0. The normalized spacial score (nSPS) is 0. The van der Waals surface area contributed by atoms with Crippen LogP contribution in [0.5, 0.6) is 0 Å². The van der Waals surface area contributed by atoms with Gasteiger partial charge >= 0.3 is 0 Å². The van der Waals surface area contributed by atoms with Crippen molar-refractivity contribution in [1.82, 2.24) is 0 Å². The summed E-state index contributed by atoms with van der Waals surface area (Å²) < 4.78 is 0. The van der Waals surface area contributed by atoms with Crippen molar-refractivity contribution >= 4 is 223 Å². The van der Waals surface area contributed by atoms with Gasteiger partial charge in [-0.2, -0.15) is 0 Å². The average molecular weight is 656 g/mol. The van der Waals surface area contributed by atoms with Gasteiger partial charge in [-0.1, -0.05) is 0 Å². The van der Waals surface area contributed by atoms with E-state index in [2.05, 4.69) is 0 Å². The maximum atomic E-state index is 0. The van der Waals surface area contributed by atoms with Crippen LogP contribution in [0.2, 0.25) is 0 Å². The Bertz CT molecular complexity index is 0. The van der Waals surface area contributed by atoms with Gasteiger partial charge in [-0.15, -0.1) is 223 Å². The summed E-state index contributed by atoms with van der Waals surface area (Å²) in [5.41, 5.74) is 0. The standard InChI is InChI=1S/18ClH/h18*1H. The predicted octanol–water partition coefficient (Wildman–Crippen LogP) is 7.59. The summed E-state index contributed by atoms with van der Waals surface area (Å²) in [6, 6.07) is 0. The van der Waals surface area contributed by atoms with E-state index in [9.17, 15) is 0 Å². The van der Waals surface area contributed by atoms with Crippen molar-refractivity contribution in [1.29, 1.82) is 0 Å². The van der Waals surface area contributed by atoms with E-state index in [1.54, 1.807) is 0 Å². The quantitative estimate of drug-likeness (QED) is 0.252. The molecule has 0 aromatic carbocycles. The third-order valence-corrected chi connectivity index (χ3v) is 0. The molecule has 0 N–H and O–H groups in total. The Labute approximate surface area is 220 Å². The third kappa shape index (κ3) is 318. The fraction of sp³-hybridized carbons (Fsp3) is 0. The van der Waals surface area contributed by atoms with E-state index in [-0.39, 0.29) is 223 Å². The Hall–Kier alpha value is 5.22. The van der Waals surface area contributed by atoms with Crippen molar-refractivity contribution in [2.45, 2.75) is 0 Å². The minimum Gasteiger partial charge on any atom is -0.147 e. The molecule has 0 atom stereocenters. The van der Waals surface area contributed by atoms with Crippen LogP contribution < -0.4 is 0 Å². The minimum atomic E-state index is 0. The molecule has 0 unspecified atom stereocenters. The van der Waals surface area contributed by atoms with E-state index in [0.29, 0.717) is 0 Å². The smallest absolute Gasteiger partial charge is 0.147 e. The van der Waals surface area contributed by atoms with Crippen LogP contribution in [0.4, 0.5) is 0 Å². The van der Waals surface area contributed by atoms with Crippen LogP contribution >= 0.6 is 223 Å². The minimum absolute atomic E-state index is 0. The number of hydrogen-bond acceptors (Lipinski definition) is 0. The van der Waals surface area contributed by atoms with Crippen molar-refractivity contribution in [2.24, 2.45) is 0 Å². The van der Waals surface area contributed by atoms with Crippen LogP contribution in [-0.2, 0) is 0 Å². The van der Waals surface area contributed by atoms with Gasteiger partial charge in [0.2, 0.25) is 0 Å². The predicted molar refractivity (Wildman–Crippen MR) is 130 cm³/mol. The summed E-state index contributed by atoms with van der Waals surface area (Å²) in [6.07, 6.45) is 0. The molecule has 0 aliphatic rings. The summed E-state index contributed by atoms with van der Waals surface area (Å²) in [6.45, 7) is 0. The van der Waals surface area contributed by atoms with Crippen molar-refractivity contribution in [3.63, 3.8) is 0 Å². The van der Waals surface area contributed by atoms with Gasteiger partial charge in [0.15, 0.2) is 0 Å². The maximum absolute atomic E-state index is 0. The number of hydrogen-bond donors (Lipinski definition) is 0. The van der Waals surface area contributed by atoms with Crippen LogP contribution in [0, 0.1) is 0 Å². The van der Waals surface area contributed by atoms with Gasteiger partial charge in [-0.3, -0.25) is 0 Å². The maximum Gasteiger partial charge on any atom is -0.147 e. The SMILES string of the molecule is Cl.Cl.Cl.Cl.Cl.Cl.Cl.Cl.Cl.Cl.Cl.Cl.Cl.Cl.Cl.Cl.Cl.Cl. The van der Waals surface area contributed by atoms with Crippen LogP contribution in [-0.4, -0.2) is 0 Å². The lowest BCUT2D eigenvalue weighted by atomic mass is 35.5. The van der Waals surface area contributed by atoms with Crippen molar-refractivity contribution in [3.8, 4) is 0 Å². The summed E-state index contributed by atoms with van der Waals surface area (Å²) >= 11 is 0. The van der Waals surface area contributed by atoms with E-state index < -0.39 is 0 Å². The Balaban J connectivity index is 0. The highest BCUT2D eigenvalue weighted by molar-refractivity contribution is 5.87. The first-order valence-electron chi connectivity index (χ1n) is 0. The molecule has 0 aliphatic heterocycles. The molecule has 0 saturated heterocycles. The molecule has 0 fully saturated rings. The van der Waals surface area contributed by atoms with Crippen LogP contribution in [0.3, 0.4) is 0 Å². The first kappa shape index (κ1) is 421. The highest BCUT2D eigenvalue weighted by atomic mass is 35.5. The molecule has 0 aromatic heterocycles. The summed E-state index contributed by atoms with van der Waals surface area (Å²) in [5.74, 6) is 0. The molecule has 0 amide bonds. The molecule has 144 valence electrons. The molecular weight excluding hydrogens is 638 g/mol. The second-order valence-corrected chi connectivity index (χ2v) is 0. The molecular formula is H18Cl18. The van der Waals surface area contributed by atoms with E-state index in [1.165, 1.54) is 0 Å². The molecule has 18 heavy (non-hydrogen) atoms. The Kier molecular flexibility index (Phi) is 8580. The van der Waals surface area contributed by atoms with Gasteiger partial charge in [0.1, 0.15) is 0 Å². The summed E-state index contributed by atoms with van der Waals surface area (Å²) in [5, 5.41) is 0. The van der Waals surface area contributed by atoms with Crippen LogP contribution in [0.15, 0.2) is 0 Å². The number of rotatable bonds is 0. The van der Waals surface area contributed by atoms with E-state index in [4.69, 9.17) is 0 Å². The molecule has 0 nitrogen and oxygen atoms in total. The first-order valence-corrected chi connectivity index (χ1v) is 0. The van der Waals surface area contributed by atoms with Gasteiger partial charge in [0.05, 0.1) is 0 Å². The highest BCUT2D eigenvalue weighted by Gasteiger charge is -0.130. The number of halogens is 18. The Morgan fingerprint density at radius 3 is 0.0556 bits per heavy atom. The first-order chi connectivity index (χ1) is 0. The van der Waals surface area contributed by atoms with Crippen molar-refractivity contribution in [3.05, 3.63) is 0 Å². The topological polar surface area (TPSA) is 0 Å². The Morgan fingerprint density at radius 2 is 0.0556 bits per heavy atom. The molecule has 0 heterocycles. The lowest BCUT2D eigenvalue weighted by molar-refractivity contribution is 5.85. The molecule has 0 rings (SSSR count).